The molecule has 2 aromatic heterocycles. The van der Waals surface area contributed by atoms with E-state index in [4.69, 9.17) is 19.9 Å². The molecule has 3 aliphatic heterocycles. The van der Waals surface area contributed by atoms with Crippen molar-refractivity contribution >= 4 is 81.9 Å². The summed E-state index contributed by atoms with van der Waals surface area (Å²) in [5, 5.41) is 47.7. The van der Waals surface area contributed by atoms with Crippen LogP contribution in [-0.4, -0.2) is 202 Å². The third kappa shape index (κ3) is 22.3. The van der Waals surface area contributed by atoms with Crippen LogP contribution < -0.4 is 58.9 Å². The van der Waals surface area contributed by atoms with E-state index in [1.165, 1.54) is 11.6 Å². The Labute approximate surface area is 554 Å². The van der Waals surface area contributed by atoms with Gasteiger partial charge in [-0.1, -0.05) is 90.5 Å². The van der Waals surface area contributed by atoms with E-state index in [-0.39, 0.29) is 101 Å². The second-order valence-electron chi connectivity index (χ2n) is 23.8. The molecule has 0 spiro atoms. The summed E-state index contributed by atoms with van der Waals surface area (Å²) in [6, 6.07) is 15.5. The number of hydrogen-bond donors (Lipinski definition) is 12. The predicted octanol–water partition coefficient (Wildman–Crippen LogP) is -0.993. The maximum Gasteiger partial charge on any atom is 0.315 e. The molecule has 3 aliphatic rings. The molecule has 512 valence electrons. The highest BCUT2D eigenvalue weighted by molar-refractivity contribution is 8.00. The number of benzene rings is 3. The molecule has 95 heavy (non-hydrogen) atoms. The van der Waals surface area contributed by atoms with Crippen molar-refractivity contribution in [2.75, 3.05) is 58.5 Å². The van der Waals surface area contributed by atoms with Gasteiger partial charge >= 0.3 is 6.03 Å². The summed E-state index contributed by atoms with van der Waals surface area (Å²) in [6.45, 7) is 1.43. The van der Waals surface area contributed by atoms with E-state index >= 15 is 0 Å². The van der Waals surface area contributed by atoms with Crippen molar-refractivity contribution in [2.45, 2.75) is 144 Å². The number of urea groups is 1. The molecule has 30 heteroatoms. The minimum atomic E-state index is -1.61. The first-order valence-corrected chi connectivity index (χ1v) is 33.2. The van der Waals surface area contributed by atoms with Gasteiger partial charge in [-0.05, 0) is 61.8 Å². The van der Waals surface area contributed by atoms with Crippen LogP contribution in [0.3, 0.4) is 0 Å². The number of aliphatic hydroxyl groups is 1. The SMILES string of the molecule is C[C@H]1NC(=O)[C@@H](Cc2ccccc2)NC(=O)[C@@H](NC(=O)COCCOCCOCCNC(=O)CCCC[C@@H]2SC[C@@H]3NC(=O)N[C@@H]32)Cc2cn(nn2)CCCC[C@@H](C(N)=O)NC(=O)[C@@H](CO)NC(=O)[C@H](Cc2cn(C)c3ccccc23)NC(=O)[C@@H](Cc2ccccc2)NC1=O. The summed E-state index contributed by atoms with van der Waals surface area (Å²) >= 11 is 1.85. The third-order valence-corrected chi connectivity index (χ3v) is 18.0. The Morgan fingerprint density at radius 3 is 1.97 bits per heavy atom. The average Bonchev–Trinajstić information content (AvgIpc) is 1.81. The number of unbranched alkanes of at least 4 members (excludes halogenated alkanes) is 1. The van der Waals surface area contributed by atoms with Crippen molar-refractivity contribution in [1.29, 1.82) is 0 Å². The molecule has 13 N–H and O–H groups in total. The second-order valence-corrected chi connectivity index (χ2v) is 25.0. The summed E-state index contributed by atoms with van der Waals surface area (Å²) in [4.78, 5) is 137. The van der Waals surface area contributed by atoms with Crippen LogP contribution in [0.4, 0.5) is 4.79 Å². The maximum atomic E-state index is 14.7. The number of aryl methyl sites for hydroxylation is 2. The predicted molar refractivity (Wildman–Crippen MR) is 349 cm³/mol. The lowest BCUT2D eigenvalue weighted by molar-refractivity contribution is -0.136. The number of para-hydroxylation sites is 1. The number of ether oxygens (including phenoxy) is 3. The van der Waals surface area contributed by atoms with Gasteiger partial charge in [0.2, 0.25) is 53.2 Å². The quantitative estimate of drug-likeness (QED) is 0.0246. The van der Waals surface area contributed by atoms with Crippen LogP contribution >= 0.6 is 11.8 Å². The lowest BCUT2D eigenvalue weighted by Crippen LogP contribution is -2.61. The number of rotatable bonds is 25. The van der Waals surface area contributed by atoms with E-state index in [9.17, 15) is 53.1 Å². The molecule has 5 heterocycles. The fourth-order valence-corrected chi connectivity index (χ4v) is 13.0. The van der Waals surface area contributed by atoms with Crippen LogP contribution in [0.2, 0.25) is 0 Å². The lowest BCUT2D eigenvalue weighted by atomic mass is 10.0. The molecule has 11 amide bonds. The Kier molecular flexibility index (Phi) is 27.7. The number of nitrogens with one attached hydrogen (secondary N) is 10. The van der Waals surface area contributed by atoms with Gasteiger partial charge in [-0.25, -0.2) is 4.79 Å². The molecule has 5 aromatic rings. The van der Waals surface area contributed by atoms with Crippen LogP contribution in [0.5, 0.6) is 0 Å². The van der Waals surface area contributed by atoms with Crippen LogP contribution in [0.15, 0.2) is 97.3 Å². The van der Waals surface area contributed by atoms with Crippen molar-refractivity contribution in [2.24, 2.45) is 12.8 Å². The molecule has 10 atom stereocenters. The van der Waals surface area contributed by atoms with Crippen molar-refractivity contribution in [3.63, 3.8) is 0 Å². The van der Waals surface area contributed by atoms with E-state index in [0.29, 0.717) is 47.7 Å². The third-order valence-electron chi connectivity index (χ3n) is 16.5. The van der Waals surface area contributed by atoms with Crippen molar-refractivity contribution < 1.29 is 67.3 Å². The number of carbonyl (C=O) groups is 10. The Balaban J connectivity index is 0.912. The maximum absolute atomic E-state index is 14.7. The number of hydrogen-bond acceptors (Lipinski definition) is 17. The summed E-state index contributed by atoms with van der Waals surface area (Å²) in [5.41, 5.74) is 8.76. The molecule has 29 nitrogen and oxygen atoms in total. The van der Waals surface area contributed by atoms with Gasteiger partial charge in [0.25, 0.3) is 0 Å². The number of thioether (sulfide) groups is 1. The molecular formula is C65H87N15O14S. The standard InChI is InChI=1S/C65H87N15O14S/c1-40-59(85)71-48(32-42-17-7-4-8-18-42)61(87)73-49(33-43-35-79(2)53-21-10-9-19-45(43)53)62(88)74-51(37-81)64(90)70-46(58(66)84)20-13-14-25-80-36-44(77-78-80)34-50(63(89)72-47(60(86)68-40)31-41-15-5-3-6-16-41)69-56(83)38-94-30-29-93-28-27-92-26-24-67-55(82)23-12-11-22-54-57-52(39-95-54)75-65(91)76-57/h3-10,15-19,21,35-36,40,46-52,54,57,81H,11-14,20,22-34,37-39H2,1-2H3,(H2,66,84)(H,67,82)(H,68,86)(H,69,83)(H,70,90)(H,71,85)(H,72,89)(H,73,87)(H,74,88)(H2,75,76,91)/t40-,46+,47-,48-,49+,50+,51-,52+,54+,57+/m1/s1. The van der Waals surface area contributed by atoms with E-state index in [1.54, 1.807) is 73.1 Å². The fraction of sp³-hybridized carbons (Fsp3) is 0.508. The van der Waals surface area contributed by atoms with Gasteiger partial charge in [0.1, 0.15) is 48.9 Å². The molecule has 2 saturated heterocycles. The van der Waals surface area contributed by atoms with Crippen LogP contribution in [0, 0.1) is 0 Å². The van der Waals surface area contributed by atoms with Crippen LogP contribution in [0.25, 0.3) is 10.9 Å². The summed E-state index contributed by atoms with van der Waals surface area (Å²) in [7, 11) is 1.82. The molecule has 0 aliphatic carbocycles. The molecule has 0 radical (unpaired) electrons. The Hall–Kier alpha value is -8.97. The number of amides is 11. The zero-order valence-electron chi connectivity index (χ0n) is 53.4. The Morgan fingerprint density at radius 2 is 1.27 bits per heavy atom. The van der Waals surface area contributed by atoms with Gasteiger partial charge < -0.3 is 82.8 Å². The van der Waals surface area contributed by atoms with E-state index in [1.807, 2.05) is 47.6 Å². The topological polar surface area (TPSA) is 401 Å². The van der Waals surface area contributed by atoms with Gasteiger partial charge in [-0.3, -0.25) is 47.8 Å². The van der Waals surface area contributed by atoms with Gasteiger partial charge in [0.15, 0.2) is 0 Å². The van der Waals surface area contributed by atoms with E-state index in [2.05, 4.69) is 63.5 Å². The molecule has 8 rings (SSSR count). The zero-order chi connectivity index (χ0) is 67.6. The molecule has 0 unspecified atom stereocenters. The summed E-state index contributed by atoms with van der Waals surface area (Å²) in [5.74, 6) is -5.74. The highest BCUT2D eigenvalue weighted by Gasteiger charge is 2.43. The first-order chi connectivity index (χ1) is 45.9. The normalized spacial score (nSPS) is 23.5. The monoisotopic (exact) mass is 1330 g/mol. The van der Waals surface area contributed by atoms with E-state index in [0.717, 1.165) is 35.9 Å². The zero-order valence-corrected chi connectivity index (χ0v) is 54.2. The number of aliphatic hydroxyl groups excluding tert-OH is 1. The number of nitrogens with two attached hydrogens (primary N) is 1. The van der Waals surface area contributed by atoms with Gasteiger partial charge in [0.05, 0.1) is 57.4 Å². The number of aromatic nitrogens is 4. The highest BCUT2D eigenvalue weighted by atomic mass is 32.2. The molecule has 0 saturated carbocycles. The molecular weight excluding hydrogens is 1250 g/mol. The van der Waals surface area contributed by atoms with Crippen molar-refractivity contribution in [3.05, 3.63) is 120 Å². The van der Waals surface area contributed by atoms with Gasteiger partial charge in [0, 0.05) is 86.5 Å². The van der Waals surface area contributed by atoms with Crippen molar-refractivity contribution in [3.8, 4) is 0 Å². The summed E-state index contributed by atoms with van der Waals surface area (Å²) < 4.78 is 20.1. The average molecular weight is 1330 g/mol. The number of fused-ring (bicyclic) bond motifs is 4. The minimum absolute atomic E-state index is 0.00263. The lowest BCUT2D eigenvalue weighted by Gasteiger charge is -2.27. The van der Waals surface area contributed by atoms with Gasteiger partial charge in [-0.2, -0.15) is 11.8 Å². The first kappa shape index (κ1) is 71.9. The van der Waals surface area contributed by atoms with Crippen LogP contribution in [-0.2, 0) is 96.6 Å². The number of nitrogens with zero attached hydrogens (tertiary/aromatic N) is 4. The highest BCUT2D eigenvalue weighted by Crippen LogP contribution is 2.33. The van der Waals surface area contributed by atoms with E-state index < -0.39 is 103 Å². The first-order valence-electron chi connectivity index (χ1n) is 32.1. The minimum Gasteiger partial charge on any atom is -0.394 e. The fourth-order valence-electron chi connectivity index (χ4n) is 11.4. The van der Waals surface area contributed by atoms with Gasteiger partial charge in [-0.15, -0.1) is 5.10 Å². The smallest absolute Gasteiger partial charge is 0.315 e. The Morgan fingerprint density at radius 1 is 0.663 bits per heavy atom. The summed E-state index contributed by atoms with van der Waals surface area (Å²) in [6.07, 6.45) is 6.58. The van der Waals surface area contributed by atoms with Crippen LogP contribution in [0.1, 0.15) is 74.3 Å². The second kappa shape index (κ2) is 36.6. The molecule has 2 bridgehead atoms. The number of primary amides is 1. The largest absolute Gasteiger partial charge is 0.394 e. The van der Waals surface area contributed by atoms with Crippen molar-refractivity contribution in [1.82, 2.24) is 72.7 Å². The molecule has 3 aromatic carbocycles. The molecule has 2 fully saturated rings. The number of carbonyl (C=O) groups excluding carboxylic acids is 10. The Bertz CT molecular complexity index is 3410.